The number of hydrogen-bond acceptors (Lipinski definition) is 10. The van der Waals surface area contributed by atoms with Gasteiger partial charge < -0.3 is 29.7 Å². The van der Waals surface area contributed by atoms with Crippen molar-refractivity contribution in [2.45, 2.75) is 43.9 Å². The van der Waals surface area contributed by atoms with E-state index in [1.165, 1.54) is 18.2 Å². The molecular weight excluding hydrogens is 584 g/mol. The van der Waals surface area contributed by atoms with Crippen LogP contribution in [-0.4, -0.2) is 70.6 Å². The molecule has 2 aromatic carbocycles. The first kappa shape index (κ1) is 29.8. The lowest BCUT2D eigenvalue weighted by Gasteiger charge is -2.30. The van der Waals surface area contributed by atoms with E-state index < -0.39 is 28.3 Å². The Balaban J connectivity index is 1.47. The van der Waals surface area contributed by atoms with Gasteiger partial charge in [0.2, 0.25) is 16.8 Å². The van der Waals surface area contributed by atoms with Crippen molar-refractivity contribution >= 4 is 39.2 Å². The van der Waals surface area contributed by atoms with E-state index in [4.69, 9.17) is 25.8 Å². The molecule has 1 aliphatic heterocycles. The zero-order valence-corrected chi connectivity index (χ0v) is 24.1. The number of nitrogens with zero attached hydrogens (tertiary/aromatic N) is 3. The second-order valence-corrected chi connectivity index (χ2v) is 12.8. The molecule has 0 saturated carbocycles. The molecule has 3 N–H and O–H groups in total. The highest BCUT2D eigenvalue weighted by molar-refractivity contribution is 7.89. The van der Waals surface area contributed by atoms with Crippen molar-refractivity contribution < 1.29 is 37.6 Å². The molecule has 0 unspecified atom stereocenters. The Bertz CT molecular complexity index is 1420. The fraction of sp³-hybridized carbons (Fsp3) is 0.400. The second kappa shape index (κ2) is 13.0. The van der Waals surface area contributed by atoms with E-state index in [1.54, 1.807) is 24.3 Å². The lowest BCUT2D eigenvalue weighted by atomic mass is 10.0. The van der Waals surface area contributed by atoms with Crippen LogP contribution in [0.4, 0.5) is 4.79 Å². The molecular formula is C25H29ClN4O8S2. The van der Waals surface area contributed by atoms with Crippen LogP contribution in [0.1, 0.15) is 25.1 Å². The first-order chi connectivity index (χ1) is 19.0. The largest absolute Gasteiger partial charge is 0.487 e. The summed E-state index contributed by atoms with van der Waals surface area (Å²) in [4.78, 5) is 11.5. The minimum absolute atomic E-state index is 0.000522. The van der Waals surface area contributed by atoms with Gasteiger partial charge in [-0.3, -0.25) is 0 Å². The molecule has 40 heavy (non-hydrogen) atoms. The number of ether oxygens (including phenoxy) is 3. The van der Waals surface area contributed by atoms with Crippen molar-refractivity contribution in [3.63, 3.8) is 0 Å². The predicted octanol–water partition coefficient (Wildman–Crippen LogP) is 3.39. The number of hydrogen-bond donors (Lipinski definition) is 3. The summed E-state index contributed by atoms with van der Waals surface area (Å²) in [5, 5.41) is 26.8. The van der Waals surface area contributed by atoms with Crippen LogP contribution >= 0.6 is 23.1 Å². The second-order valence-electron chi connectivity index (χ2n) is 9.48. The van der Waals surface area contributed by atoms with Crippen LogP contribution in [0.3, 0.4) is 0 Å². The van der Waals surface area contributed by atoms with E-state index in [2.05, 4.69) is 14.9 Å². The number of sulfonamides is 1. The molecule has 4 rings (SSSR count). The van der Waals surface area contributed by atoms with Gasteiger partial charge in [0.05, 0.1) is 17.0 Å². The van der Waals surface area contributed by atoms with E-state index in [-0.39, 0.29) is 43.7 Å². The number of aromatic nitrogens is 2. The van der Waals surface area contributed by atoms with Crippen molar-refractivity contribution in [3.05, 3.63) is 58.1 Å². The van der Waals surface area contributed by atoms with Crippen LogP contribution in [-0.2, 0) is 23.1 Å². The van der Waals surface area contributed by atoms with Gasteiger partial charge in [0, 0.05) is 30.7 Å². The summed E-state index contributed by atoms with van der Waals surface area (Å²) in [6.07, 6.45) is -2.59. The molecule has 12 nitrogen and oxygen atoms in total. The monoisotopic (exact) mass is 612 g/mol. The molecule has 1 aliphatic rings. The Kier molecular flexibility index (Phi) is 9.68. The van der Waals surface area contributed by atoms with Crippen LogP contribution in [0.2, 0.25) is 4.34 Å². The molecule has 1 aromatic heterocycles. The molecule has 0 aliphatic carbocycles. The normalized spacial score (nSPS) is 14.3. The molecule has 216 valence electrons. The average Bonchev–Trinajstić information content (AvgIpc) is 3.55. The van der Waals surface area contributed by atoms with Crippen molar-refractivity contribution in [3.8, 4) is 17.2 Å². The summed E-state index contributed by atoms with van der Waals surface area (Å²) in [7, 11) is -4.05. The maximum atomic E-state index is 13.6. The number of amides is 1. The molecule has 0 saturated heterocycles. The van der Waals surface area contributed by atoms with Crippen LogP contribution in [0.15, 0.2) is 47.4 Å². The van der Waals surface area contributed by atoms with Crippen LogP contribution in [0, 0.1) is 5.92 Å². The van der Waals surface area contributed by atoms with Gasteiger partial charge in [-0.05, 0) is 42.2 Å². The first-order valence-electron chi connectivity index (χ1n) is 12.3. The third kappa shape index (κ3) is 7.52. The number of benzene rings is 2. The quantitative estimate of drug-likeness (QED) is 0.261. The van der Waals surface area contributed by atoms with Gasteiger partial charge >= 0.3 is 6.09 Å². The number of rotatable bonds is 13. The lowest BCUT2D eigenvalue weighted by Crippen LogP contribution is -2.50. The van der Waals surface area contributed by atoms with Gasteiger partial charge in [-0.15, -0.1) is 5.10 Å². The Morgan fingerprint density at radius 2 is 1.90 bits per heavy atom. The third-order valence-electron chi connectivity index (χ3n) is 5.98. The number of halogens is 1. The lowest BCUT2D eigenvalue weighted by molar-refractivity contribution is 0.0980. The maximum absolute atomic E-state index is 13.6. The Labute approximate surface area is 240 Å². The topological polar surface area (TPSA) is 160 Å². The highest BCUT2D eigenvalue weighted by atomic mass is 35.5. The van der Waals surface area contributed by atoms with Gasteiger partial charge in [-0.25, -0.2) is 13.2 Å². The number of carboxylic acid groups (broad SMARTS) is 1. The maximum Gasteiger partial charge on any atom is 0.404 e. The average molecular weight is 613 g/mol. The smallest absolute Gasteiger partial charge is 0.404 e. The summed E-state index contributed by atoms with van der Waals surface area (Å²) < 4.78 is 48.7. The van der Waals surface area contributed by atoms with E-state index in [0.717, 1.165) is 15.8 Å². The molecule has 0 spiro atoms. The summed E-state index contributed by atoms with van der Waals surface area (Å²) >= 11 is 7.05. The van der Waals surface area contributed by atoms with Crippen LogP contribution in [0.5, 0.6) is 17.2 Å². The molecule has 2 heterocycles. The SMILES string of the molecule is CC(C)CN(C[C@H](O)[C@H](Cc1ccc(OCc2nnsc2Cl)cc1)NC(=O)O)S(=O)(=O)c1ccc2c(c1)OCO2. The zero-order chi connectivity index (χ0) is 28.9. The summed E-state index contributed by atoms with van der Waals surface area (Å²) in [6.45, 7) is 3.62. The Morgan fingerprint density at radius 3 is 2.55 bits per heavy atom. The highest BCUT2D eigenvalue weighted by Crippen LogP contribution is 2.35. The molecule has 0 fully saturated rings. The van der Waals surface area contributed by atoms with Crippen molar-refractivity contribution in [1.82, 2.24) is 19.2 Å². The van der Waals surface area contributed by atoms with E-state index in [9.17, 15) is 23.4 Å². The minimum atomic E-state index is -4.05. The van der Waals surface area contributed by atoms with Crippen LogP contribution < -0.4 is 19.5 Å². The Hall–Kier alpha value is -3.17. The summed E-state index contributed by atoms with van der Waals surface area (Å²) in [6, 6.07) is 10.2. The zero-order valence-electron chi connectivity index (χ0n) is 21.7. The third-order valence-corrected chi connectivity index (χ3v) is 8.79. The van der Waals surface area contributed by atoms with E-state index in [0.29, 0.717) is 32.8 Å². The van der Waals surface area contributed by atoms with E-state index in [1.807, 2.05) is 13.8 Å². The summed E-state index contributed by atoms with van der Waals surface area (Å²) in [5.74, 6) is 1.23. The fourth-order valence-corrected chi connectivity index (χ4v) is 6.29. The van der Waals surface area contributed by atoms with Gasteiger partial charge in [0.15, 0.2) is 11.5 Å². The molecule has 0 radical (unpaired) electrons. The van der Waals surface area contributed by atoms with Crippen LogP contribution in [0.25, 0.3) is 0 Å². The standard InChI is InChI=1S/C25H29ClN4O8S2/c1-15(2)11-30(40(34,35)18-7-8-22-23(10-18)38-14-37-22)12-21(31)19(27-25(32)33)9-16-3-5-17(6-4-16)36-13-20-24(26)39-29-28-20/h3-8,10,15,19,21,27,31H,9,11-14H2,1-2H3,(H,32,33)/t19-,21-/m0/s1. The van der Waals surface area contributed by atoms with Gasteiger partial charge in [0.25, 0.3) is 0 Å². The van der Waals surface area contributed by atoms with Crippen molar-refractivity contribution in [1.29, 1.82) is 0 Å². The van der Waals surface area contributed by atoms with Gasteiger partial charge in [-0.2, -0.15) is 4.31 Å². The van der Waals surface area contributed by atoms with Crippen molar-refractivity contribution in [2.24, 2.45) is 5.92 Å². The summed E-state index contributed by atoms with van der Waals surface area (Å²) in [5.41, 5.74) is 1.22. The van der Waals surface area contributed by atoms with Gasteiger partial charge in [0.1, 0.15) is 22.4 Å². The predicted molar refractivity (Wildman–Crippen MR) is 147 cm³/mol. The minimum Gasteiger partial charge on any atom is -0.487 e. The number of aliphatic hydroxyl groups is 1. The number of aliphatic hydroxyl groups excluding tert-OH is 1. The number of fused-ring (bicyclic) bond motifs is 1. The van der Waals surface area contributed by atoms with Gasteiger partial charge in [-0.1, -0.05) is 42.1 Å². The van der Waals surface area contributed by atoms with Crippen molar-refractivity contribution in [2.75, 3.05) is 19.9 Å². The molecule has 2 atom stereocenters. The molecule has 15 heteroatoms. The fourth-order valence-electron chi connectivity index (χ4n) is 4.05. The highest BCUT2D eigenvalue weighted by Gasteiger charge is 2.32. The number of carbonyl (C=O) groups is 1. The van der Waals surface area contributed by atoms with E-state index >= 15 is 0 Å². The first-order valence-corrected chi connectivity index (χ1v) is 14.9. The molecule has 3 aromatic rings. The number of nitrogens with one attached hydrogen (secondary N) is 1. The molecule has 1 amide bonds. The molecule has 0 bridgehead atoms. The Morgan fingerprint density at radius 1 is 1.18 bits per heavy atom.